The number of hydrogen-bond donors (Lipinski definition) is 2. The van der Waals surface area contributed by atoms with E-state index in [9.17, 15) is 8.42 Å². The fourth-order valence-electron chi connectivity index (χ4n) is 3.33. The van der Waals surface area contributed by atoms with E-state index in [4.69, 9.17) is 23.2 Å². The second-order valence-electron chi connectivity index (χ2n) is 7.08. The molecule has 1 fully saturated rings. The number of nitrogens with one attached hydrogen (secondary N) is 2. The first-order chi connectivity index (χ1) is 13.3. The van der Waals surface area contributed by atoms with E-state index in [0.717, 1.165) is 37.1 Å². The number of anilines is 1. The van der Waals surface area contributed by atoms with E-state index in [1.165, 1.54) is 0 Å². The van der Waals surface area contributed by atoms with Crippen LogP contribution in [-0.4, -0.2) is 37.0 Å². The van der Waals surface area contributed by atoms with Crippen LogP contribution in [0.1, 0.15) is 32.6 Å². The van der Waals surface area contributed by atoms with Gasteiger partial charge < -0.3 is 5.32 Å². The molecule has 1 aromatic carbocycles. The van der Waals surface area contributed by atoms with Crippen LogP contribution in [0.15, 0.2) is 30.3 Å². The molecule has 28 heavy (non-hydrogen) atoms. The number of halogens is 2. The van der Waals surface area contributed by atoms with Crippen molar-refractivity contribution < 1.29 is 8.42 Å². The van der Waals surface area contributed by atoms with E-state index in [0.29, 0.717) is 34.2 Å². The topological polar surface area (TPSA) is 84.0 Å². The predicted molar refractivity (Wildman–Crippen MR) is 114 cm³/mol. The fraction of sp³-hybridized carbons (Fsp3) is 0.474. The van der Waals surface area contributed by atoms with Crippen LogP contribution in [0.25, 0.3) is 11.3 Å². The number of sulfonamides is 1. The van der Waals surface area contributed by atoms with Gasteiger partial charge in [0, 0.05) is 28.2 Å². The lowest BCUT2D eigenvalue weighted by atomic mass is 9.86. The molecule has 0 saturated heterocycles. The Labute approximate surface area is 176 Å². The van der Waals surface area contributed by atoms with Gasteiger partial charge in [-0.2, -0.15) is 0 Å². The standard InChI is InChI=1S/C19H24Cl2N4O2S/c1-2-28(26,27)22-12-13-3-5-17(6-4-13)23-19-8-7-18(24-25-19)14-9-15(20)11-16(21)10-14/h7-11,13,17,22H,2-6,12H2,1H3,(H,23,25)/t13-,17-. The Morgan fingerprint density at radius 2 is 1.71 bits per heavy atom. The van der Waals surface area contributed by atoms with Gasteiger partial charge in [-0.25, -0.2) is 13.1 Å². The van der Waals surface area contributed by atoms with Gasteiger partial charge in [0.15, 0.2) is 0 Å². The Morgan fingerprint density at radius 3 is 2.29 bits per heavy atom. The molecular formula is C19H24Cl2N4O2S. The first-order valence-corrected chi connectivity index (χ1v) is 11.8. The SMILES string of the molecule is CCS(=O)(=O)NC[C@H]1CC[C@H](Nc2ccc(-c3cc(Cl)cc(Cl)c3)nn2)CC1. The smallest absolute Gasteiger partial charge is 0.211 e. The number of hydrogen-bond acceptors (Lipinski definition) is 5. The second kappa shape index (κ2) is 9.39. The zero-order valence-electron chi connectivity index (χ0n) is 15.7. The summed E-state index contributed by atoms with van der Waals surface area (Å²) in [5, 5.41) is 13.1. The molecule has 1 saturated carbocycles. The zero-order valence-corrected chi connectivity index (χ0v) is 18.0. The monoisotopic (exact) mass is 442 g/mol. The highest BCUT2D eigenvalue weighted by Gasteiger charge is 2.22. The van der Waals surface area contributed by atoms with Crippen molar-refractivity contribution in [1.29, 1.82) is 0 Å². The Kier molecular flexibility index (Phi) is 7.15. The molecule has 152 valence electrons. The van der Waals surface area contributed by atoms with Crippen molar-refractivity contribution in [2.45, 2.75) is 38.6 Å². The van der Waals surface area contributed by atoms with Crippen molar-refractivity contribution in [1.82, 2.24) is 14.9 Å². The van der Waals surface area contributed by atoms with Crippen LogP contribution in [-0.2, 0) is 10.0 Å². The first-order valence-electron chi connectivity index (χ1n) is 9.38. The minimum absolute atomic E-state index is 0.125. The van der Waals surface area contributed by atoms with Crippen LogP contribution in [0.5, 0.6) is 0 Å². The Balaban J connectivity index is 1.51. The lowest BCUT2D eigenvalue weighted by Gasteiger charge is -2.29. The summed E-state index contributed by atoms with van der Waals surface area (Å²) in [5.41, 5.74) is 1.54. The van der Waals surface area contributed by atoms with E-state index >= 15 is 0 Å². The van der Waals surface area contributed by atoms with Crippen molar-refractivity contribution in [2.75, 3.05) is 17.6 Å². The summed E-state index contributed by atoms with van der Waals surface area (Å²) >= 11 is 12.1. The molecule has 2 N–H and O–H groups in total. The molecule has 2 aromatic rings. The summed E-state index contributed by atoms with van der Waals surface area (Å²) in [7, 11) is -3.11. The molecular weight excluding hydrogens is 419 g/mol. The highest BCUT2D eigenvalue weighted by molar-refractivity contribution is 7.89. The summed E-state index contributed by atoms with van der Waals surface area (Å²) in [6.07, 6.45) is 3.92. The van der Waals surface area contributed by atoms with E-state index in [2.05, 4.69) is 20.2 Å². The molecule has 0 bridgehead atoms. The van der Waals surface area contributed by atoms with Gasteiger partial charge in [0.25, 0.3) is 0 Å². The van der Waals surface area contributed by atoms with Crippen LogP contribution < -0.4 is 10.0 Å². The molecule has 1 aromatic heterocycles. The molecule has 3 rings (SSSR count). The molecule has 9 heteroatoms. The maximum absolute atomic E-state index is 11.6. The molecule has 0 radical (unpaired) electrons. The normalized spacial score (nSPS) is 20.1. The van der Waals surface area contributed by atoms with Gasteiger partial charge in [0.05, 0.1) is 11.4 Å². The number of nitrogens with zero attached hydrogens (tertiary/aromatic N) is 2. The average molecular weight is 443 g/mol. The van der Waals surface area contributed by atoms with Gasteiger partial charge in [0.1, 0.15) is 5.82 Å². The van der Waals surface area contributed by atoms with E-state index in [-0.39, 0.29) is 5.75 Å². The van der Waals surface area contributed by atoms with Gasteiger partial charge in [-0.05, 0) is 68.9 Å². The Bertz CT molecular complexity index is 878. The molecule has 1 aliphatic carbocycles. The summed E-state index contributed by atoms with van der Waals surface area (Å²) in [6, 6.07) is 9.40. The largest absolute Gasteiger partial charge is 0.366 e. The van der Waals surface area contributed by atoms with E-state index in [1.54, 1.807) is 25.1 Å². The lowest BCUT2D eigenvalue weighted by molar-refractivity contribution is 0.337. The molecule has 1 aliphatic rings. The van der Waals surface area contributed by atoms with Gasteiger partial charge in [0.2, 0.25) is 10.0 Å². The van der Waals surface area contributed by atoms with Crippen LogP contribution in [0.2, 0.25) is 10.0 Å². The lowest BCUT2D eigenvalue weighted by Crippen LogP contribution is -2.34. The molecule has 0 amide bonds. The summed E-state index contributed by atoms with van der Waals surface area (Å²) in [4.78, 5) is 0. The minimum atomic E-state index is -3.11. The van der Waals surface area contributed by atoms with Gasteiger partial charge in [-0.3, -0.25) is 0 Å². The number of rotatable bonds is 7. The molecule has 0 aliphatic heterocycles. The Hall–Kier alpha value is -1.41. The third-order valence-electron chi connectivity index (χ3n) is 4.99. The maximum atomic E-state index is 11.6. The van der Waals surface area contributed by atoms with Crippen molar-refractivity contribution in [2.24, 2.45) is 5.92 Å². The van der Waals surface area contributed by atoms with Crippen molar-refractivity contribution in [3.8, 4) is 11.3 Å². The quantitative estimate of drug-likeness (QED) is 0.664. The third-order valence-corrected chi connectivity index (χ3v) is 6.80. The van der Waals surface area contributed by atoms with Crippen LogP contribution in [0, 0.1) is 5.92 Å². The zero-order chi connectivity index (χ0) is 20.1. The van der Waals surface area contributed by atoms with Crippen molar-refractivity contribution in [3.63, 3.8) is 0 Å². The highest BCUT2D eigenvalue weighted by Crippen LogP contribution is 2.28. The Morgan fingerprint density at radius 1 is 1.04 bits per heavy atom. The van der Waals surface area contributed by atoms with E-state index in [1.807, 2.05) is 12.1 Å². The third kappa shape index (κ3) is 6.04. The van der Waals surface area contributed by atoms with Gasteiger partial charge in [-0.1, -0.05) is 23.2 Å². The molecule has 0 spiro atoms. The average Bonchev–Trinajstić information content (AvgIpc) is 2.67. The van der Waals surface area contributed by atoms with Crippen molar-refractivity contribution >= 4 is 39.0 Å². The summed E-state index contributed by atoms with van der Waals surface area (Å²) in [5.74, 6) is 1.24. The molecule has 0 atom stereocenters. The van der Waals surface area contributed by atoms with Gasteiger partial charge >= 0.3 is 0 Å². The highest BCUT2D eigenvalue weighted by atomic mass is 35.5. The fourth-order valence-corrected chi connectivity index (χ4v) is 4.55. The predicted octanol–water partition coefficient (Wildman–Crippen LogP) is 4.36. The number of aromatic nitrogens is 2. The van der Waals surface area contributed by atoms with Crippen LogP contribution in [0.4, 0.5) is 5.82 Å². The second-order valence-corrected chi connectivity index (χ2v) is 10.0. The van der Waals surface area contributed by atoms with Crippen LogP contribution >= 0.6 is 23.2 Å². The first kappa shape index (κ1) is 21.3. The maximum Gasteiger partial charge on any atom is 0.211 e. The van der Waals surface area contributed by atoms with Gasteiger partial charge in [-0.15, -0.1) is 10.2 Å². The number of benzene rings is 1. The van der Waals surface area contributed by atoms with E-state index < -0.39 is 10.0 Å². The molecule has 0 unspecified atom stereocenters. The minimum Gasteiger partial charge on any atom is -0.366 e. The molecule has 6 nitrogen and oxygen atoms in total. The molecule has 1 heterocycles. The van der Waals surface area contributed by atoms with Crippen LogP contribution in [0.3, 0.4) is 0 Å². The summed E-state index contributed by atoms with van der Waals surface area (Å²) in [6.45, 7) is 2.18. The summed E-state index contributed by atoms with van der Waals surface area (Å²) < 4.78 is 25.8. The van der Waals surface area contributed by atoms with Crippen molar-refractivity contribution in [3.05, 3.63) is 40.4 Å².